The van der Waals surface area contributed by atoms with E-state index in [0.717, 1.165) is 55.8 Å². The Labute approximate surface area is 176 Å². The van der Waals surface area contributed by atoms with E-state index < -0.39 is 0 Å². The van der Waals surface area contributed by atoms with Gasteiger partial charge in [-0.3, -0.25) is 0 Å². The lowest BCUT2D eigenvalue weighted by Crippen LogP contribution is -2.51. The standard InChI is InChI=1S/C22H30N4O4/c1-16-5-3-4-6-18(16)23-21(27)26-10-8-22(9-11-26)14-17(7-12-29-22)13-19-24-20(15-28-2)30-25-19/h3-6,17H,7-15H2,1-2H3,(H,23,27). The second-order valence-corrected chi connectivity index (χ2v) is 8.36. The number of urea groups is 1. The van der Waals surface area contributed by atoms with Crippen LogP contribution >= 0.6 is 0 Å². The van der Waals surface area contributed by atoms with Crippen molar-refractivity contribution in [2.24, 2.45) is 5.92 Å². The predicted octanol–water partition coefficient (Wildman–Crippen LogP) is 3.56. The Bertz CT molecular complexity index is 860. The number of hydrogen-bond acceptors (Lipinski definition) is 6. The number of rotatable bonds is 5. The molecule has 2 aliphatic heterocycles. The topological polar surface area (TPSA) is 89.7 Å². The molecule has 2 amide bonds. The molecule has 0 saturated carbocycles. The lowest BCUT2D eigenvalue weighted by atomic mass is 9.78. The molecule has 1 aromatic heterocycles. The number of para-hydroxylation sites is 1. The summed E-state index contributed by atoms with van der Waals surface area (Å²) >= 11 is 0. The number of carbonyl (C=O) groups is 1. The predicted molar refractivity (Wildman–Crippen MR) is 111 cm³/mol. The normalized spacial score (nSPS) is 21.0. The van der Waals surface area contributed by atoms with Gasteiger partial charge in [0.05, 0.1) is 5.60 Å². The van der Waals surface area contributed by atoms with Gasteiger partial charge in [0, 0.05) is 38.9 Å². The summed E-state index contributed by atoms with van der Waals surface area (Å²) < 4.78 is 16.5. The third-order valence-electron chi connectivity index (χ3n) is 6.19. The maximum absolute atomic E-state index is 12.7. The highest BCUT2D eigenvalue weighted by Gasteiger charge is 2.41. The lowest BCUT2D eigenvalue weighted by Gasteiger charge is -2.46. The second kappa shape index (κ2) is 9.14. The molecule has 2 aliphatic rings. The van der Waals surface area contributed by atoms with Gasteiger partial charge in [-0.1, -0.05) is 23.4 Å². The van der Waals surface area contributed by atoms with Crippen LogP contribution in [-0.4, -0.2) is 53.5 Å². The molecule has 162 valence electrons. The van der Waals surface area contributed by atoms with Gasteiger partial charge in [0.1, 0.15) is 6.61 Å². The third-order valence-corrected chi connectivity index (χ3v) is 6.19. The second-order valence-electron chi connectivity index (χ2n) is 8.36. The van der Waals surface area contributed by atoms with Gasteiger partial charge in [-0.2, -0.15) is 4.98 Å². The summed E-state index contributed by atoms with van der Waals surface area (Å²) in [6.07, 6.45) is 4.45. The SMILES string of the molecule is COCc1nc(CC2CCOC3(CCN(C(=O)Nc4ccccc4C)CC3)C2)no1. The number of benzene rings is 1. The van der Waals surface area contributed by atoms with E-state index in [0.29, 0.717) is 31.5 Å². The number of piperidine rings is 1. The van der Waals surface area contributed by atoms with Crippen LogP contribution in [0.15, 0.2) is 28.8 Å². The van der Waals surface area contributed by atoms with E-state index in [1.807, 2.05) is 36.1 Å². The Hall–Kier alpha value is -2.45. The zero-order chi connectivity index (χ0) is 21.0. The number of anilines is 1. The van der Waals surface area contributed by atoms with Gasteiger partial charge in [0.25, 0.3) is 5.89 Å². The molecule has 1 atom stereocenters. The van der Waals surface area contributed by atoms with Gasteiger partial charge in [0.15, 0.2) is 5.82 Å². The van der Waals surface area contributed by atoms with Crippen LogP contribution in [0.5, 0.6) is 0 Å². The fourth-order valence-corrected chi connectivity index (χ4v) is 4.49. The van der Waals surface area contributed by atoms with E-state index in [4.69, 9.17) is 14.0 Å². The van der Waals surface area contributed by atoms with Crippen LogP contribution in [0.1, 0.15) is 43.0 Å². The van der Waals surface area contributed by atoms with Crippen molar-refractivity contribution >= 4 is 11.7 Å². The average Bonchev–Trinajstić information content (AvgIpc) is 3.17. The molecule has 8 heteroatoms. The molecule has 3 heterocycles. The smallest absolute Gasteiger partial charge is 0.321 e. The number of hydrogen-bond donors (Lipinski definition) is 1. The molecule has 2 aromatic rings. The molecule has 2 fully saturated rings. The van der Waals surface area contributed by atoms with E-state index in [1.165, 1.54) is 0 Å². The number of ether oxygens (including phenoxy) is 2. The van der Waals surface area contributed by atoms with Crippen LogP contribution in [0.3, 0.4) is 0 Å². The molecule has 1 aromatic carbocycles. The molecule has 1 spiro atoms. The van der Waals surface area contributed by atoms with Crippen molar-refractivity contribution in [1.82, 2.24) is 15.0 Å². The quantitative estimate of drug-likeness (QED) is 0.805. The zero-order valence-corrected chi connectivity index (χ0v) is 17.7. The highest BCUT2D eigenvalue weighted by molar-refractivity contribution is 5.90. The Morgan fingerprint density at radius 3 is 2.90 bits per heavy atom. The maximum Gasteiger partial charge on any atom is 0.321 e. The monoisotopic (exact) mass is 414 g/mol. The van der Waals surface area contributed by atoms with Crippen molar-refractivity contribution < 1.29 is 18.8 Å². The Morgan fingerprint density at radius 2 is 2.13 bits per heavy atom. The molecule has 0 aliphatic carbocycles. The van der Waals surface area contributed by atoms with Gasteiger partial charge >= 0.3 is 6.03 Å². The first-order chi connectivity index (χ1) is 14.6. The van der Waals surface area contributed by atoms with Gasteiger partial charge in [-0.15, -0.1) is 0 Å². The van der Waals surface area contributed by atoms with E-state index in [9.17, 15) is 4.79 Å². The number of methoxy groups -OCH3 is 1. The number of amides is 2. The minimum atomic E-state index is -0.151. The van der Waals surface area contributed by atoms with Crippen LogP contribution in [0.25, 0.3) is 0 Å². The molecule has 1 unspecified atom stereocenters. The summed E-state index contributed by atoms with van der Waals surface area (Å²) in [5.74, 6) is 1.71. The summed E-state index contributed by atoms with van der Waals surface area (Å²) in [7, 11) is 1.61. The molecule has 1 N–H and O–H groups in total. The Kier molecular flexibility index (Phi) is 6.34. The maximum atomic E-state index is 12.7. The van der Waals surface area contributed by atoms with Crippen LogP contribution < -0.4 is 5.32 Å². The van der Waals surface area contributed by atoms with Crippen molar-refractivity contribution in [1.29, 1.82) is 0 Å². The highest BCUT2D eigenvalue weighted by Crippen LogP contribution is 2.38. The van der Waals surface area contributed by atoms with E-state index in [2.05, 4.69) is 15.5 Å². The molecule has 2 saturated heterocycles. The number of aromatic nitrogens is 2. The Balaban J connectivity index is 1.30. The number of aryl methyl sites for hydroxylation is 1. The van der Waals surface area contributed by atoms with Gasteiger partial charge in [-0.05, 0) is 50.2 Å². The first-order valence-corrected chi connectivity index (χ1v) is 10.6. The van der Waals surface area contributed by atoms with Crippen LogP contribution in [0, 0.1) is 12.8 Å². The summed E-state index contributed by atoms with van der Waals surface area (Å²) in [4.78, 5) is 19.0. The first kappa shape index (κ1) is 20.8. The number of likely N-dealkylation sites (tertiary alicyclic amines) is 1. The summed E-state index contributed by atoms with van der Waals surface area (Å²) in [6.45, 7) is 4.47. The Morgan fingerprint density at radius 1 is 1.33 bits per heavy atom. The van der Waals surface area contributed by atoms with E-state index in [-0.39, 0.29) is 11.6 Å². The minimum absolute atomic E-state index is 0.0380. The van der Waals surface area contributed by atoms with Crippen LogP contribution in [0.4, 0.5) is 10.5 Å². The minimum Gasteiger partial charge on any atom is -0.375 e. The number of carbonyl (C=O) groups excluding carboxylic acids is 1. The van der Waals surface area contributed by atoms with Crippen molar-refractivity contribution in [3.8, 4) is 0 Å². The van der Waals surface area contributed by atoms with E-state index in [1.54, 1.807) is 7.11 Å². The number of nitrogens with zero attached hydrogens (tertiary/aromatic N) is 3. The summed E-state index contributed by atoms with van der Waals surface area (Å²) in [6, 6.07) is 7.80. The summed E-state index contributed by atoms with van der Waals surface area (Å²) in [5.41, 5.74) is 1.78. The molecule has 0 bridgehead atoms. The van der Waals surface area contributed by atoms with Crippen molar-refractivity contribution in [3.63, 3.8) is 0 Å². The van der Waals surface area contributed by atoms with Gasteiger partial charge < -0.3 is 24.2 Å². The van der Waals surface area contributed by atoms with Crippen molar-refractivity contribution in [2.75, 3.05) is 32.1 Å². The fourth-order valence-electron chi connectivity index (χ4n) is 4.49. The third kappa shape index (κ3) is 4.82. The summed E-state index contributed by atoms with van der Waals surface area (Å²) in [5, 5.41) is 7.11. The first-order valence-electron chi connectivity index (χ1n) is 10.6. The fraction of sp³-hybridized carbons (Fsp3) is 0.591. The zero-order valence-electron chi connectivity index (χ0n) is 17.7. The van der Waals surface area contributed by atoms with Crippen LogP contribution in [0.2, 0.25) is 0 Å². The largest absolute Gasteiger partial charge is 0.375 e. The van der Waals surface area contributed by atoms with Crippen molar-refractivity contribution in [3.05, 3.63) is 41.5 Å². The molecule has 30 heavy (non-hydrogen) atoms. The molecule has 8 nitrogen and oxygen atoms in total. The highest BCUT2D eigenvalue weighted by atomic mass is 16.5. The molecule has 0 radical (unpaired) electrons. The van der Waals surface area contributed by atoms with Gasteiger partial charge in [-0.25, -0.2) is 4.79 Å². The average molecular weight is 415 g/mol. The lowest BCUT2D eigenvalue weighted by molar-refractivity contribution is -0.122. The van der Waals surface area contributed by atoms with Crippen LogP contribution in [-0.2, 0) is 22.5 Å². The number of nitrogens with one attached hydrogen (secondary N) is 1. The van der Waals surface area contributed by atoms with Gasteiger partial charge in [0.2, 0.25) is 0 Å². The van der Waals surface area contributed by atoms with Crippen molar-refractivity contribution in [2.45, 2.75) is 51.2 Å². The molecular weight excluding hydrogens is 384 g/mol. The molecular formula is C22H30N4O4. The molecule has 4 rings (SSSR count). The van der Waals surface area contributed by atoms with E-state index >= 15 is 0 Å².